The Hall–Kier alpha value is 5.18. The second kappa shape index (κ2) is 25.2. The minimum Gasteiger partial charge on any atom is -0.822 e. The average Bonchev–Trinajstić information content (AvgIpc) is 1.12. The third kappa shape index (κ3) is 236. The number of phosphoric acid groups is 2. The second-order valence-corrected chi connectivity index (χ2v) is 2.68. The third-order valence-electron chi connectivity index (χ3n) is 0. The van der Waals surface area contributed by atoms with Gasteiger partial charge in [-0.3, -0.25) is 0 Å². The molecule has 0 unspecified atom stereocenters. The molecule has 0 aromatic rings. The largest absolute Gasteiger partial charge is 2.00 e. The van der Waals surface area contributed by atoms with Crippen molar-refractivity contribution in [1.82, 2.24) is 0 Å². The summed E-state index contributed by atoms with van der Waals surface area (Å²) in [5.74, 6) is 0. The van der Waals surface area contributed by atoms with Crippen LogP contribution in [0.2, 0.25) is 0 Å². The van der Waals surface area contributed by atoms with Crippen LogP contribution < -0.4 is 29.4 Å². The van der Waals surface area contributed by atoms with Gasteiger partial charge in [-0.2, -0.15) is 15.6 Å². The van der Waals surface area contributed by atoms with Crippen molar-refractivity contribution >= 4 is 167 Å². The van der Waals surface area contributed by atoms with Crippen LogP contribution >= 0.6 is 15.6 Å². The monoisotopic (exact) mass is 386 g/mol. The van der Waals surface area contributed by atoms with Gasteiger partial charge < -0.3 is 49.4 Å². The fourth-order valence-electron chi connectivity index (χ4n) is 0. The van der Waals surface area contributed by atoms with Crippen molar-refractivity contribution in [2.75, 3.05) is 0 Å². The van der Waals surface area contributed by atoms with E-state index in [-0.39, 0.29) is 162 Å². The summed E-state index contributed by atoms with van der Waals surface area (Å²) in [6.07, 6.45) is 0. The van der Waals surface area contributed by atoms with Crippen LogP contribution in [0.1, 0.15) is 0 Å². The van der Waals surface area contributed by atoms with Crippen molar-refractivity contribution < 1.29 is 49.4 Å². The molecule has 0 spiro atoms. The maximum atomic E-state index is 8.55. The molecule has 16 heteroatoms. The van der Waals surface area contributed by atoms with Gasteiger partial charge >= 0.3 is 151 Å². The first-order valence-electron chi connectivity index (χ1n) is 1.46. The van der Waals surface area contributed by atoms with Gasteiger partial charge in [0.05, 0.1) is 0 Å². The molecule has 4 N–H and O–H groups in total. The van der Waals surface area contributed by atoms with Gasteiger partial charge in [0.2, 0.25) is 0 Å². The zero-order chi connectivity index (χ0) is 9.00. The van der Waals surface area contributed by atoms with Crippen LogP contribution in [0.15, 0.2) is 0 Å². The Kier molecular flexibility index (Phi) is 78.1. The van der Waals surface area contributed by atoms with E-state index >= 15 is 0 Å². The Morgan fingerprint density at radius 2 is 0.500 bits per heavy atom. The van der Waals surface area contributed by atoms with E-state index in [0.29, 0.717) is 0 Å². The van der Waals surface area contributed by atoms with Crippen LogP contribution in [0.4, 0.5) is 0 Å². The molecule has 0 rings (SSSR count). The zero-order valence-electron chi connectivity index (χ0n) is 7.99. The number of rotatable bonds is 0. The van der Waals surface area contributed by atoms with Gasteiger partial charge in [-0.25, -0.2) is 0 Å². The number of hydrogen-bond acceptors (Lipinski definition) is 8. The summed E-state index contributed by atoms with van der Waals surface area (Å²) in [6.45, 7) is 0. The Bertz CT molecular complexity index is 133. The molecule has 0 aromatic carbocycles. The van der Waals surface area contributed by atoms with Gasteiger partial charge in [0.25, 0.3) is 0 Å². The molecule has 0 amide bonds. The van der Waals surface area contributed by atoms with E-state index in [1.807, 2.05) is 0 Å². The van der Waals surface area contributed by atoms with Gasteiger partial charge in [0.15, 0.2) is 0 Å². The van der Waals surface area contributed by atoms with Gasteiger partial charge in [-0.15, -0.1) is 0 Å². The van der Waals surface area contributed by atoms with Gasteiger partial charge in [-0.05, 0) is 0 Å². The predicted octanol–water partition coefficient (Wildman–Crippen LogP) is -8.82. The summed E-state index contributed by atoms with van der Waals surface area (Å²) in [7, 11) is -10.8. The molecule has 0 atom stereocenters. The summed E-state index contributed by atoms with van der Waals surface area (Å²) in [4.78, 5) is 51.3. The van der Waals surface area contributed by atoms with Crippen LogP contribution in [-0.4, -0.2) is 162 Å². The summed E-state index contributed by atoms with van der Waals surface area (Å²) in [5.41, 5.74) is 0. The SMILES string of the molecule is O.O.O=P([O-])([O-])[O-].O=P([O-])([O-])[O-].[Ca+2].[Ca+2].[Ca+2].[Ca+2]. The van der Waals surface area contributed by atoms with E-state index in [0.717, 1.165) is 0 Å². The molecular formula is H4Ca4O10P2+2. The Morgan fingerprint density at radius 1 is 0.500 bits per heavy atom. The zero-order valence-corrected chi connectivity index (χ0v) is 18.6. The fraction of sp³-hybridized carbons (Fsp3) is 0. The Morgan fingerprint density at radius 3 is 0.500 bits per heavy atom. The van der Waals surface area contributed by atoms with Crippen LogP contribution in [-0.2, 0) is 9.13 Å². The minimum absolute atomic E-state index is 0. The molecule has 0 saturated heterocycles. The average molecular weight is 386 g/mol. The fourth-order valence-corrected chi connectivity index (χ4v) is 0. The van der Waals surface area contributed by atoms with Gasteiger partial charge in [-0.1, -0.05) is 0 Å². The quantitative estimate of drug-likeness (QED) is 0.285. The molecule has 0 aromatic heterocycles. The van der Waals surface area contributed by atoms with Crippen molar-refractivity contribution in [2.24, 2.45) is 0 Å². The summed E-state index contributed by atoms with van der Waals surface area (Å²) in [5, 5.41) is 0. The maximum Gasteiger partial charge on any atom is 2.00 e. The van der Waals surface area contributed by atoms with Crippen molar-refractivity contribution in [3.05, 3.63) is 0 Å². The molecular weight excluding hydrogens is 382 g/mol. The molecule has 0 saturated carbocycles. The van der Waals surface area contributed by atoms with E-state index in [2.05, 4.69) is 0 Å². The van der Waals surface area contributed by atoms with Crippen LogP contribution in [0.5, 0.6) is 0 Å². The van der Waals surface area contributed by atoms with Gasteiger partial charge in [0.1, 0.15) is 0 Å². The van der Waals surface area contributed by atoms with Crippen LogP contribution in [0.3, 0.4) is 0 Å². The van der Waals surface area contributed by atoms with Crippen molar-refractivity contribution in [3.63, 3.8) is 0 Å². The van der Waals surface area contributed by atoms with E-state index in [1.54, 1.807) is 0 Å². The van der Waals surface area contributed by atoms with Crippen LogP contribution in [0, 0.1) is 0 Å². The van der Waals surface area contributed by atoms with Crippen molar-refractivity contribution in [3.8, 4) is 0 Å². The summed E-state index contributed by atoms with van der Waals surface area (Å²) in [6, 6.07) is 0. The summed E-state index contributed by atoms with van der Waals surface area (Å²) >= 11 is 0. The molecule has 0 aliphatic heterocycles. The molecule has 0 aliphatic rings. The van der Waals surface area contributed by atoms with Crippen molar-refractivity contribution in [1.29, 1.82) is 0 Å². The first-order valence-corrected chi connectivity index (χ1v) is 4.38. The maximum absolute atomic E-state index is 8.55. The molecule has 0 bridgehead atoms. The molecule has 0 radical (unpaired) electrons. The second-order valence-electron chi connectivity index (χ2n) is 0.894. The van der Waals surface area contributed by atoms with Gasteiger partial charge in [0, 0.05) is 0 Å². The number of hydrogen-bond donors (Lipinski definition) is 0. The van der Waals surface area contributed by atoms with E-state index in [9.17, 15) is 0 Å². The van der Waals surface area contributed by atoms with Crippen LogP contribution in [0.25, 0.3) is 0 Å². The molecule has 80 valence electrons. The van der Waals surface area contributed by atoms with Crippen molar-refractivity contribution in [2.45, 2.75) is 0 Å². The first-order chi connectivity index (χ1) is 4.00. The summed E-state index contributed by atoms with van der Waals surface area (Å²) < 4.78 is 17.1. The molecule has 16 heavy (non-hydrogen) atoms. The van der Waals surface area contributed by atoms with E-state index in [4.69, 9.17) is 38.5 Å². The third-order valence-corrected chi connectivity index (χ3v) is 0. The standard InChI is InChI=1S/4Ca.2H3O4P.2H2O/c;;;;2*1-5(2,3)4;;/h;;;;2*(H3,1,2,3,4);2*1H2/q4*+2;;;;/p-6. The van der Waals surface area contributed by atoms with E-state index < -0.39 is 15.6 Å². The molecule has 10 nitrogen and oxygen atoms in total. The Labute approximate surface area is 211 Å². The first kappa shape index (κ1) is 49.7. The smallest absolute Gasteiger partial charge is 0.822 e. The molecule has 0 heterocycles. The Balaban J connectivity index is -0.00000000970. The predicted molar refractivity (Wildman–Crippen MR) is 45.5 cm³/mol. The molecule has 0 aliphatic carbocycles. The van der Waals surface area contributed by atoms with E-state index in [1.165, 1.54) is 0 Å². The normalized spacial score (nSPS) is 7.38. The topological polar surface area (TPSA) is 236 Å². The minimum atomic E-state index is -5.39. The molecule has 0 fully saturated rings.